The van der Waals surface area contributed by atoms with Crippen molar-refractivity contribution in [3.8, 4) is 0 Å². The van der Waals surface area contributed by atoms with Crippen molar-refractivity contribution in [1.82, 2.24) is 4.57 Å². The molecule has 5 aromatic rings. The number of fused-ring (bicyclic) bond motifs is 1. The fourth-order valence-corrected chi connectivity index (χ4v) is 4.49. The van der Waals surface area contributed by atoms with Crippen LogP contribution in [0.3, 0.4) is 0 Å². The number of amides is 2. The number of nitrogens with zero attached hydrogens (tertiary/aromatic N) is 1. The second-order valence-corrected chi connectivity index (χ2v) is 9.66. The summed E-state index contributed by atoms with van der Waals surface area (Å²) in [6, 6.07) is 26.4. The first-order valence-corrected chi connectivity index (χ1v) is 12.6. The van der Waals surface area contributed by atoms with Crippen molar-refractivity contribution in [3.05, 3.63) is 131 Å². The number of anilines is 2. The van der Waals surface area contributed by atoms with Gasteiger partial charge in [-0.25, -0.2) is 0 Å². The Hall–Kier alpha value is -4.85. The third-order valence-electron chi connectivity index (χ3n) is 6.81. The zero-order valence-corrected chi connectivity index (χ0v) is 21.8. The van der Waals surface area contributed by atoms with Crippen molar-refractivity contribution < 1.29 is 22.8 Å². The lowest BCUT2D eigenvalue weighted by molar-refractivity contribution is -0.137. The molecule has 0 bridgehead atoms. The van der Waals surface area contributed by atoms with Gasteiger partial charge in [-0.15, -0.1) is 0 Å². The van der Waals surface area contributed by atoms with E-state index in [4.69, 9.17) is 0 Å². The molecule has 0 saturated carbocycles. The normalized spacial score (nSPS) is 11.4. The lowest BCUT2D eigenvalue weighted by Crippen LogP contribution is -2.17. The number of halogens is 3. The largest absolute Gasteiger partial charge is 0.416 e. The van der Waals surface area contributed by atoms with Gasteiger partial charge in [0.1, 0.15) is 5.69 Å². The Labute approximate surface area is 229 Å². The van der Waals surface area contributed by atoms with Crippen LogP contribution in [0.15, 0.2) is 97.1 Å². The second kappa shape index (κ2) is 10.7. The maximum Gasteiger partial charge on any atom is 0.416 e. The lowest BCUT2D eigenvalue weighted by atomic mass is 10.1. The third kappa shape index (κ3) is 5.76. The van der Waals surface area contributed by atoms with E-state index < -0.39 is 11.7 Å². The van der Waals surface area contributed by atoms with Crippen LogP contribution in [0, 0.1) is 13.8 Å². The van der Waals surface area contributed by atoms with Crippen LogP contribution in [-0.2, 0) is 12.7 Å². The van der Waals surface area contributed by atoms with Gasteiger partial charge in [0.05, 0.1) is 5.56 Å². The molecule has 0 aliphatic heterocycles. The minimum atomic E-state index is -4.43. The van der Waals surface area contributed by atoms with E-state index in [2.05, 4.69) is 10.6 Å². The van der Waals surface area contributed by atoms with Gasteiger partial charge in [-0.3, -0.25) is 9.59 Å². The number of aryl methyl sites for hydroxylation is 2. The quantitative estimate of drug-likeness (QED) is 0.230. The Bertz CT molecular complexity index is 1710. The number of benzene rings is 4. The standard InChI is InChI=1S/C32H26F3N3O2/c1-20-8-11-23(16-21(20)2)30(39)37-27-14-15-28-24(17-27)18-29(31(40)36-26-6-4-3-5-7-26)38(28)19-22-9-12-25(13-10-22)32(33,34)35/h3-18H,19H2,1-2H3,(H,36,40)(H,37,39). The maximum absolute atomic E-state index is 13.3. The van der Waals surface area contributed by atoms with Crippen molar-refractivity contribution >= 4 is 34.1 Å². The summed E-state index contributed by atoms with van der Waals surface area (Å²) in [5, 5.41) is 6.48. The first-order chi connectivity index (χ1) is 19.1. The zero-order chi connectivity index (χ0) is 28.4. The number of hydrogen-bond donors (Lipinski definition) is 2. The summed E-state index contributed by atoms with van der Waals surface area (Å²) in [6.07, 6.45) is -4.43. The van der Waals surface area contributed by atoms with Crippen molar-refractivity contribution in [2.45, 2.75) is 26.6 Å². The van der Waals surface area contributed by atoms with Gasteiger partial charge in [0.15, 0.2) is 0 Å². The highest BCUT2D eigenvalue weighted by atomic mass is 19.4. The van der Waals surface area contributed by atoms with Gasteiger partial charge in [0, 0.05) is 34.4 Å². The van der Waals surface area contributed by atoms with Crippen molar-refractivity contribution in [2.75, 3.05) is 10.6 Å². The Morgan fingerprint density at radius 3 is 2.10 bits per heavy atom. The van der Waals surface area contributed by atoms with Crippen LogP contribution >= 0.6 is 0 Å². The Morgan fingerprint density at radius 1 is 0.725 bits per heavy atom. The van der Waals surface area contributed by atoms with Gasteiger partial charge in [-0.1, -0.05) is 36.4 Å². The first kappa shape index (κ1) is 26.7. The molecule has 2 amide bonds. The molecule has 0 atom stereocenters. The molecule has 0 radical (unpaired) electrons. The van der Waals surface area contributed by atoms with Crippen LogP contribution in [-0.4, -0.2) is 16.4 Å². The SMILES string of the molecule is Cc1ccc(C(=O)Nc2ccc3c(c2)cc(C(=O)Nc2ccccc2)n3Cc2ccc(C(F)(F)F)cc2)cc1C. The number of rotatable bonds is 6. The van der Waals surface area contributed by atoms with Crippen LogP contribution in [0.4, 0.5) is 24.5 Å². The van der Waals surface area contributed by atoms with Crippen LogP contribution in [0.1, 0.15) is 43.1 Å². The van der Waals surface area contributed by atoms with Crippen LogP contribution in [0.5, 0.6) is 0 Å². The third-order valence-corrected chi connectivity index (χ3v) is 6.81. The molecule has 5 rings (SSSR count). The summed E-state index contributed by atoms with van der Waals surface area (Å²) in [5.41, 5.74) is 4.69. The average Bonchev–Trinajstić information content (AvgIpc) is 3.28. The molecule has 4 aromatic carbocycles. The van der Waals surface area contributed by atoms with E-state index in [1.165, 1.54) is 12.1 Å². The molecule has 0 saturated heterocycles. The number of aromatic nitrogens is 1. The topological polar surface area (TPSA) is 63.1 Å². The summed E-state index contributed by atoms with van der Waals surface area (Å²) in [7, 11) is 0. The number of carbonyl (C=O) groups is 2. The molecule has 0 aliphatic rings. The minimum absolute atomic E-state index is 0.174. The molecule has 5 nitrogen and oxygen atoms in total. The number of carbonyl (C=O) groups excluding carboxylic acids is 2. The van der Waals surface area contributed by atoms with E-state index in [0.29, 0.717) is 39.1 Å². The minimum Gasteiger partial charge on any atom is -0.332 e. The molecule has 2 N–H and O–H groups in total. The van der Waals surface area contributed by atoms with Crippen molar-refractivity contribution in [2.24, 2.45) is 0 Å². The van der Waals surface area contributed by atoms with Crippen molar-refractivity contribution in [3.63, 3.8) is 0 Å². The molecule has 202 valence electrons. The predicted molar refractivity (Wildman–Crippen MR) is 151 cm³/mol. The Morgan fingerprint density at radius 2 is 1.43 bits per heavy atom. The monoisotopic (exact) mass is 541 g/mol. The maximum atomic E-state index is 13.3. The smallest absolute Gasteiger partial charge is 0.332 e. The fourth-order valence-electron chi connectivity index (χ4n) is 4.49. The van der Waals surface area contributed by atoms with E-state index in [1.54, 1.807) is 59.2 Å². The summed E-state index contributed by atoms with van der Waals surface area (Å²) in [4.78, 5) is 26.2. The van der Waals surface area contributed by atoms with Gasteiger partial charge < -0.3 is 15.2 Å². The van der Waals surface area contributed by atoms with Crippen LogP contribution in [0.25, 0.3) is 10.9 Å². The van der Waals surface area contributed by atoms with E-state index in [-0.39, 0.29) is 18.4 Å². The van der Waals surface area contributed by atoms with Crippen LogP contribution in [0.2, 0.25) is 0 Å². The number of hydrogen-bond acceptors (Lipinski definition) is 2. The molecule has 40 heavy (non-hydrogen) atoms. The molecule has 0 fully saturated rings. The Kier molecular flexibility index (Phi) is 7.17. The van der Waals surface area contributed by atoms with Gasteiger partial charge in [-0.05, 0) is 91.2 Å². The molecular weight excluding hydrogens is 515 g/mol. The summed E-state index contributed by atoms with van der Waals surface area (Å²) in [6.45, 7) is 4.10. The van der Waals surface area contributed by atoms with Gasteiger partial charge in [0.25, 0.3) is 11.8 Å². The lowest BCUT2D eigenvalue weighted by Gasteiger charge is -2.13. The summed E-state index contributed by atoms with van der Waals surface area (Å²) < 4.78 is 41.0. The molecule has 1 aromatic heterocycles. The molecule has 1 heterocycles. The second-order valence-electron chi connectivity index (χ2n) is 9.66. The number of para-hydroxylation sites is 1. The van der Waals surface area contributed by atoms with E-state index >= 15 is 0 Å². The molecule has 8 heteroatoms. The highest BCUT2D eigenvalue weighted by Gasteiger charge is 2.30. The van der Waals surface area contributed by atoms with Gasteiger partial charge >= 0.3 is 6.18 Å². The molecule has 0 unspecified atom stereocenters. The predicted octanol–water partition coefficient (Wildman–Crippen LogP) is 7.83. The zero-order valence-electron chi connectivity index (χ0n) is 21.8. The first-order valence-electron chi connectivity index (χ1n) is 12.6. The Balaban J connectivity index is 1.49. The number of nitrogens with one attached hydrogen (secondary N) is 2. The highest BCUT2D eigenvalue weighted by molar-refractivity contribution is 6.08. The average molecular weight is 542 g/mol. The number of alkyl halides is 3. The van der Waals surface area contributed by atoms with E-state index in [9.17, 15) is 22.8 Å². The summed E-state index contributed by atoms with van der Waals surface area (Å²) >= 11 is 0. The van der Waals surface area contributed by atoms with E-state index in [1.807, 2.05) is 32.0 Å². The fraction of sp³-hybridized carbons (Fsp3) is 0.125. The summed E-state index contributed by atoms with van der Waals surface area (Å²) in [5.74, 6) is -0.622. The highest BCUT2D eigenvalue weighted by Crippen LogP contribution is 2.30. The molecular formula is C32H26F3N3O2. The molecule has 0 aliphatic carbocycles. The van der Waals surface area contributed by atoms with Crippen LogP contribution < -0.4 is 10.6 Å². The van der Waals surface area contributed by atoms with Crippen molar-refractivity contribution in [1.29, 1.82) is 0 Å². The molecule has 0 spiro atoms. The van der Waals surface area contributed by atoms with Gasteiger partial charge in [0.2, 0.25) is 0 Å². The van der Waals surface area contributed by atoms with E-state index in [0.717, 1.165) is 23.3 Å². The van der Waals surface area contributed by atoms with Gasteiger partial charge in [-0.2, -0.15) is 13.2 Å².